The first-order valence-corrected chi connectivity index (χ1v) is 13.6. The second-order valence-corrected chi connectivity index (χ2v) is 10.8. The fraction of sp³-hybridized carbons (Fsp3) is 0.926. The van der Waals surface area contributed by atoms with Crippen molar-refractivity contribution in [1.82, 2.24) is 9.96 Å². The lowest BCUT2D eigenvalue weighted by atomic mass is 10.0. The van der Waals surface area contributed by atoms with Crippen molar-refractivity contribution in [2.24, 2.45) is 0 Å². The fourth-order valence-corrected chi connectivity index (χ4v) is 4.73. The highest BCUT2D eigenvalue weighted by Crippen LogP contribution is 2.31. The molecule has 0 bridgehead atoms. The Bertz CT molecular complexity index is 578. The molecule has 0 aromatic heterocycles. The zero-order chi connectivity index (χ0) is 25.6. The maximum Gasteiger partial charge on any atom is 0.411 e. The number of carbonyl (C=O) groups excluding carboxylic acids is 2. The van der Waals surface area contributed by atoms with Crippen LogP contribution in [0.4, 0.5) is 4.79 Å². The average molecular weight is 485 g/mol. The normalized spacial score (nSPS) is 20.6. The molecule has 0 radical (unpaired) electrons. The largest absolute Gasteiger partial charge is 0.444 e. The van der Waals surface area contributed by atoms with Crippen LogP contribution in [0.25, 0.3) is 0 Å². The number of amides is 2. The Kier molecular flexibility index (Phi) is 14.8. The van der Waals surface area contributed by atoms with Crippen LogP contribution in [0, 0.1) is 0 Å². The van der Waals surface area contributed by atoms with E-state index in [4.69, 9.17) is 9.57 Å². The van der Waals surface area contributed by atoms with Gasteiger partial charge in [0.15, 0.2) is 0 Å². The van der Waals surface area contributed by atoms with E-state index < -0.39 is 29.7 Å². The van der Waals surface area contributed by atoms with Crippen molar-refractivity contribution in [2.75, 3.05) is 14.2 Å². The minimum atomic E-state index is -0.980. The molecule has 1 heterocycles. The predicted molar refractivity (Wildman–Crippen MR) is 136 cm³/mol. The molecule has 1 rings (SSSR count). The van der Waals surface area contributed by atoms with E-state index in [2.05, 4.69) is 6.92 Å². The summed E-state index contributed by atoms with van der Waals surface area (Å²) in [7, 11) is 2.88. The smallest absolute Gasteiger partial charge is 0.411 e. The number of likely N-dealkylation sites (tertiary alicyclic amines) is 1. The number of aliphatic hydroxyl groups excluding tert-OH is 1. The third kappa shape index (κ3) is 11.4. The summed E-state index contributed by atoms with van der Waals surface area (Å²) in [6, 6.07) is -1.19. The molecule has 1 fully saturated rings. The summed E-state index contributed by atoms with van der Waals surface area (Å²) in [5.41, 5.74) is -0.675. The molecule has 0 saturated carbocycles. The highest BCUT2D eigenvalue weighted by Gasteiger charge is 2.49. The van der Waals surface area contributed by atoms with E-state index in [1.165, 1.54) is 89.7 Å². The molecule has 0 unspecified atom stereocenters. The highest BCUT2D eigenvalue weighted by molar-refractivity contribution is 5.86. The lowest BCUT2D eigenvalue weighted by Gasteiger charge is -2.33. The number of rotatable bonds is 16. The van der Waals surface area contributed by atoms with Gasteiger partial charge in [-0.3, -0.25) is 14.5 Å². The summed E-state index contributed by atoms with van der Waals surface area (Å²) in [5, 5.41) is 11.7. The monoisotopic (exact) mass is 484 g/mol. The molecule has 0 aliphatic carbocycles. The van der Waals surface area contributed by atoms with Crippen molar-refractivity contribution in [2.45, 2.75) is 148 Å². The minimum absolute atomic E-state index is 0.211. The van der Waals surface area contributed by atoms with Crippen LogP contribution in [0.3, 0.4) is 0 Å². The van der Waals surface area contributed by atoms with Gasteiger partial charge in [-0.1, -0.05) is 90.4 Å². The van der Waals surface area contributed by atoms with Crippen LogP contribution >= 0.6 is 0 Å². The molecule has 200 valence electrons. The van der Waals surface area contributed by atoms with Crippen molar-refractivity contribution < 1.29 is 24.3 Å². The summed E-state index contributed by atoms with van der Waals surface area (Å²) in [6.07, 6.45) is 16.3. The summed E-state index contributed by atoms with van der Waals surface area (Å²) in [5.74, 6) is -0.436. The number of aliphatic hydroxyl groups is 1. The van der Waals surface area contributed by atoms with E-state index in [0.29, 0.717) is 6.42 Å². The van der Waals surface area contributed by atoms with Gasteiger partial charge in [0.25, 0.3) is 5.91 Å². The number of likely N-dealkylation sites (N-methyl/N-ethyl adjacent to an activating group) is 1. The van der Waals surface area contributed by atoms with Crippen LogP contribution in [0.1, 0.15) is 124 Å². The van der Waals surface area contributed by atoms with E-state index in [1.54, 1.807) is 20.8 Å². The lowest BCUT2D eigenvalue weighted by molar-refractivity contribution is -0.176. The highest BCUT2D eigenvalue weighted by atomic mass is 16.7. The molecule has 7 heteroatoms. The minimum Gasteiger partial charge on any atom is -0.444 e. The first-order chi connectivity index (χ1) is 16.1. The zero-order valence-corrected chi connectivity index (χ0v) is 22.8. The van der Waals surface area contributed by atoms with Crippen molar-refractivity contribution in [3.63, 3.8) is 0 Å². The van der Waals surface area contributed by atoms with Gasteiger partial charge in [0.1, 0.15) is 11.6 Å². The number of hydrogen-bond acceptors (Lipinski definition) is 5. The van der Waals surface area contributed by atoms with Gasteiger partial charge in [-0.15, -0.1) is 0 Å². The fourth-order valence-electron chi connectivity index (χ4n) is 4.73. The van der Waals surface area contributed by atoms with Crippen molar-refractivity contribution >= 4 is 12.0 Å². The molecular formula is C27H52N2O5. The topological polar surface area (TPSA) is 79.3 Å². The molecule has 2 amide bonds. The number of hydroxylamine groups is 2. The molecule has 0 aromatic carbocycles. The summed E-state index contributed by atoms with van der Waals surface area (Å²) in [4.78, 5) is 32.2. The second kappa shape index (κ2) is 16.4. The number of ether oxygens (including phenoxy) is 1. The van der Waals surface area contributed by atoms with Crippen molar-refractivity contribution in [3.8, 4) is 0 Å². The summed E-state index contributed by atoms with van der Waals surface area (Å²) < 4.78 is 5.58. The van der Waals surface area contributed by atoms with E-state index >= 15 is 0 Å². The van der Waals surface area contributed by atoms with E-state index in [1.807, 2.05) is 0 Å². The standard InChI is InChI=1S/C27H52N2O5/c1-7-8-9-10-11-12-13-14-15-16-17-18-19-20-22-21-23(30)24(25(31)28(5)33-6)29(22)26(32)34-27(2,3)4/h22-24,30H,7-21H2,1-6H3/t22-,23+,24-/m1/s1. The van der Waals surface area contributed by atoms with Gasteiger partial charge in [0.05, 0.1) is 13.2 Å². The maximum absolute atomic E-state index is 13.0. The van der Waals surface area contributed by atoms with Gasteiger partial charge >= 0.3 is 6.09 Å². The number of nitrogens with zero attached hydrogens (tertiary/aromatic N) is 2. The van der Waals surface area contributed by atoms with Gasteiger partial charge in [-0.25, -0.2) is 9.86 Å². The molecule has 1 N–H and O–H groups in total. The van der Waals surface area contributed by atoms with Crippen LogP contribution in [-0.2, 0) is 14.4 Å². The molecule has 7 nitrogen and oxygen atoms in total. The van der Waals surface area contributed by atoms with Crippen LogP contribution in [0.2, 0.25) is 0 Å². The Morgan fingerprint density at radius 3 is 1.82 bits per heavy atom. The Morgan fingerprint density at radius 2 is 1.38 bits per heavy atom. The molecule has 3 atom stereocenters. The van der Waals surface area contributed by atoms with Crippen LogP contribution in [-0.4, -0.2) is 65.0 Å². The Morgan fingerprint density at radius 1 is 0.912 bits per heavy atom. The van der Waals surface area contributed by atoms with Gasteiger partial charge in [0.2, 0.25) is 0 Å². The van der Waals surface area contributed by atoms with Gasteiger partial charge in [-0.2, -0.15) is 0 Å². The van der Waals surface area contributed by atoms with Gasteiger partial charge < -0.3 is 9.84 Å². The third-order valence-electron chi connectivity index (χ3n) is 6.65. The van der Waals surface area contributed by atoms with Gasteiger partial charge in [0, 0.05) is 13.1 Å². The van der Waals surface area contributed by atoms with E-state index in [-0.39, 0.29) is 6.04 Å². The SMILES string of the molecule is CCCCCCCCCCCCCCC[C@@H]1C[C@H](O)[C@H](C(=O)N(C)OC)N1C(=O)OC(C)(C)C. The molecule has 34 heavy (non-hydrogen) atoms. The van der Waals surface area contributed by atoms with E-state index in [0.717, 1.165) is 24.3 Å². The van der Waals surface area contributed by atoms with Gasteiger partial charge in [-0.05, 0) is 33.6 Å². The Balaban J connectivity index is 2.42. The maximum atomic E-state index is 13.0. The molecule has 1 aliphatic heterocycles. The summed E-state index contributed by atoms with van der Waals surface area (Å²) >= 11 is 0. The van der Waals surface area contributed by atoms with Crippen molar-refractivity contribution in [3.05, 3.63) is 0 Å². The molecule has 0 aromatic rings. The molecular weight excluding hydrogens is 432 g/mol. The van der Waals surface area contributed by atoms with E-state index in [9.17, 15) is 14.7 Å². The van der Waals surface area contributed by atoms with Crippen LogP contribution < -0.4 is 0 Å². The zero-order valence-electron chi connectivity index (χ0n) is 22.8. The number of unbranched alkanes of at least 4 members (excludes halogenated alkanes) is 12. The first kappa shape index (κ1) is 30.7. The molecule has 0 spiro atoms. The first-order valence-electron chi connectivity index (χ1n) is 13.6. The van der Waals surface area contributed by atoms with Crippen LogP contribution in [0.5, 0.6) is 0 Å². The number of carbonyl (C=O) groups is 2. The Hall–Kier alpha value is -1.34. The number of hydrogen-bond donors (Lipinski definition) is 1. The predicted octanol–water partition coefficient (Wildman–Crippen LogP) is 6.23. The third-order valence-corrected chi connectivity index (χ3v) is 6.65. The average Bonchev–Trinajstić information content (AvgIpc) is 3.10. The second-order valence-electron chi connectivity index (χ2n) is 10.8. The molecule has 1 saturated heterocycles. The quantitative estimate of drug-likeness (QED) is 0.208. The lowest BCUT2D eigenvalue weighted by Crippen LogP contribution is -2.53. The molecule has 1 aliphatic rings. The Labute approximate surface area is 208 Å². The van der Waals surface area contributed by atoms with Crippen LogP contribution in [0.15, 0.2) is 0 Å². The summed E-state index contributed by atoms with van der Waals surface area (Å²) in [6.45, 7) is 7.67. The van der Waals surface area contributed by atoms with Crippen molar-refractivity contribution in [1.29, 1.82) is 0 Å².